The Morgan fingerprint density at radius 3 is 2.62 bits per heavy atom. The predicted octanol–water partition coefficient (Wildman–Crippen LogP) is 2.58. The second kappa shape index (κ2) is 3.24. The van der Waals surface area contributed by atoms with Crippen LogP contribution in [0.15, 0.2) is 16.5 Å². The van der Waals surface area contributed by atoms with Crippen LogP contribution < -0.4 is 5.73 Å². The molecule has 1 heterocycles. The van der Waals surface area contributed by atoms with Gasteiger partial charge in [-0.25, -0.2) is 0 Å². The maximum absolute atomic E-state index is 9.11. The zero-order chi connectivity index (χ0) is 11.9. The van der Waals surface area contributed by atoms with Crippen molar-refractivity contribution in [3.63, 3.8) is 0 Å². The maximum Gasteiger partial charge on any atom is 0.292 e. The number of benzene rings is 1. The first-order valence-electron chi connectivity index (χ1n) is 5.03. The van der Waals surface area contributed by atoms with Gasteiger partial charge in [0.05, 0.1) is 11.6 Å². The first kappa shape index (κ1) is 10.5. The highest BCUT2D eigenvalue weighted by molar-refractivity contribution is 5.81. The van der Waals surface area contributed by atoms with Crippen LogP contribution in [0.1, 0.15) is 31.9 Å². The number of nitrogens with zero attached hydrogens (tertiary/aromatic N) is 2. The molecule has 1 aromatic heterocycles. The quantitative estimate of drug-likeness (QED) is 0.732. The number of hydrogen-bond donors (Lipinski definition) is 1. The van der Waals surface area contributed by atoms with Crippen LogP contribution in [0.5, 0.6) is 0 Å². The maximum atomic E-state index is 9.11. The molecular formula is C12H13N3O. The lowest BCUT2D eigenvalue weighted by Crippen LogP contribution is -2.14. The monoisotopic (exact) mass is 215 g/mol. The highest BCUT2D eigenvalue weighted by Crippen LogP contribution is 2.33. The molecule has 0 aliphatic heterocycles. The Morgan fingerprint density at radius 1 is 1.38 bits per heavy atom. The Balaban J connectivity index is 2.90. The van der Waals surface area contributed by atoms with E-state index in [0.29, 0.717) is 16.7 Å². The molecule has 16 heavy (non-hydrogen) atoms. The highest BCUT2D eigenvalue weighted by atomic mass is 16.4. The van der Waals surface area contributed by atoms with Crippen LogP contribution in [-0.2, 0) is 5.41 Å². The van der Waals surface area contributed by atoms with E-state index < -0.39 is 0 Å². The average molecular weight is 215 g/mol. The smallest absolute Gasteiger partial charge is 0.292 e. The number of rotatable bonds is 0. The van der Waals surface area contributed by atoms with Gasteiger partial charge in [-0.3, -0.25) is 0 Å². The van der Waals surface area contributed by atoms with Gasteiger partial charge >= 0.3 is 0 Å². The molecule has 82 valence electrons. The molecule has 0 radical (unpaired) electrons. The van der Waals surface area contributed by atoms with Crippen molar-refractivity contribution in [3.8, 4) is 6.07 Å². The second-order valence-electron chi connectivity index (χ2n) is 4.75. The molecule has 0 fully saturated rings. The van der Waals surface area contributed by atoms with Gasteiger partial charge in [-0.15, -0.1) is 0 Å². The van der Waals surface area contributed by atoms with E-state index in [9.17, 15) is 0 Å². The summed E-state index contributed by atoms with van der Waals surface area (Å²) in [7, 11) is 0. The summed E-state index contributed by atoms with van der Waals surface area (Å²) in [4.78, 5) is 4.15. The van der Waals surface area contributed by atoms with Crippen LogP contribution in [0.3, 0.4) is 0 Å². The molecule has 0 unspecified atom stereocenters. The first-order valence-corrected chi connectivity index (χ1v) is 5.03. The normalized spacial score (nSPS) is 11.6. The summed E-state index contributed by atoms with van der Waals surface area (Å²) in [6, 6.07) is 5.79. The van der Waals surface area contributed by atoms with E-state index in [2.05, 4.69) is 11.1 Å². The van der Waals surface area contributed by atoms with Crippen LogP contribution in [0.4, 0.5) is 6.01 Å². The minimum Gasteiger partial charge on any atom is -0.424 e. The van der Waals surface area contributed by atoms with E-state index in [4.69, 9.17) is 15.4 Å². The van der Waals surface area contributed by atoms with Gasteiger partial charge in [-0.05, 0) is 17.5 Å². The molecule has 0 spiro atoms. The van der Waals surface area contributed by atoms with Gasteiger partial charge in [0.25, 0.3) is 6.01 Å². The summed E-state index contributed by atoms with van der Waals surface area (Å²) in [6.07, 6.45) is 0. The largest absolute Gasteiger partial charge is 0.424 e. The van der Waals surface area contributed by atoms with Crippen molar-refractivity contribution >= 4 is 17.1 Å². The Kier molecular flexibility index (Phi) is 2.13. The Labute approximate surface area is 93.7 Å². The Hall–Kier alpha value is -2.02. The lowest BCUT2D eigenvalue weighted by Gasteiger charge is -2.20. The summed E-state index contributed by atoms with van der Waals surface area (Å²) in [5.74, 6) is 0. The number of fused-ring (bicyclic) bond motifs is 1. The number of nitrogens with two attached hydrogens (primary N) is 1. The lowest BCUT2D eigenvalue weighted by atomic mass is 9.83. The molecule has 2 aromatic rings. The van der Waals surface area contributed by atoms with Crippen LogP contribution >= 0.6 is 0 Å². The van der Waals surface area contributed by atoms with Crippen molar-refractivity contribution in [2.75, 3.05) is 5.73 Å². The third-order valence-electron chi connectivity index (χ3n) is 2.45. The minimum absolute atomic E-state index is 0.135. The topological polar surface area (TPSA) is 75.8 Å². The molecule has 4 heteroatoms. The van der Waals surface area contributed by atoms with Crippen molar-refractivity contribution < 1.29 is 4.42 Å². The fraction of sp³-hybridized carbons (Fsp3) is 0.333. The molecule has 0 aliphatic rings. The van der Waals surface area contributed by atoms with Gasteiger partial charge in [0, 0.05) is 5.56 Å². The molecule has 0 atom stereocenters. The molecule has 0 amide bonds. The molecule has 0 aliphatic carbocycles. The first-order chi connectivity index (χ1) is 7.43. The van der Waals surface area contributed by atoms with E-state index in [1.807, 2.05) is 20.8 Å². The molecule has 2 rings (SSSR count). The van der Waals surface area contributed by atoms with Crippen LogP contribution in [0.25, 0.3) is 11.1 Å². The van der Waals surface area contributed by atoms with Gasteiger partial charge in [-0.1, -0.05) is 20.8 Å². The van der Waals surface area contributed by atoms with Gasteiger partial charge in [0.1, 0.15) is 5.52 Å². The summed E-state index contributed by atoms with van der Waals surface area (Å²) < 4.78 is 5.26. The highest BCUT2D eigenvalue weighted by Gasteiger charge is 2.23. The fourth-order valence-electron chi connectivity index (χ4n) is 1.86. The van der Waals surface area contributed by atoms with E-state index >= 15 is 0 Å². The molecule has 0 saturated carbocycles. The third-order valence-corrected chi connectivity index (χ3v) is 2.45. The lowest BCUT2D eigenvalue weighted by molar-refractivity contribution is 0.592. The number of hydrogen-bond acceptors (Lipinski definition) is 4. The SMILES string of the molecule is CC(C)(C)c1c(C#N)ccc2oc(N)nc12. The van der Waals surface area contributed by atoms with Crippen molar-refractivity contribution in [1.29, 1.82) is 5.26 Å². The molecular weight excluding hydrogens is 202 g/mol. The summed E-state index contributed by atoms with van der Waals surface area (Å²) in [5.41, 5.74) is 8.17. The van der Waals surface area contributed by atoms with Gasteiger partial charge in [0.2, 0.25) is 0 Å². The number of anilines is 1. The number of nitrogen functional groups attached to an aromatic ring is 1. The van der Waals surface area contributed by atoms with Crippen molar-refractivity contribution in [3.05, 3.63) is 23.3 Å². The van der Waals surface area contributed by atoms with Crippen molar-refractivity contribution in [1.82, 2.24) is 4.98 Å². The summed E-state index contributed by atoms with van der Waals surface area (Å²) in [6.45, 7) is 6.11. The predicted molar refractivity (Wildman–Crippen MR) is 61.8 cm³/mol. The molecule has 0 bridgehead atoms. The molecule has 2 N–H and O–H groups in total. The zero-order valence-corrected chi connectivity index (χ0v) is 9.53. The van der Waals surface area contributed by atoms with E-state index in [0.717, 1.165) is 5.56 Å². The molecule has 1 aromatic carbocycles. The standard InChI is InChI=1S/C12H13N3O/c1-12(2,3)9-7(6-13)4-5-8-10(9)15-11(14)16-8/h4-5H,1-3H3,(H2,14,15). The van der Waals surface area contributed by atoms with Gasteiger partial charge < -0.3 is 10.2 Å². The summed E-state index contributed by atoms with van der Waals surface area (Å²) >= 11 is 0. The van der Waals surface area contributed by atoms with Crippen LogP contribution in [0, 0.1) is 11.3 Å². The second-order valence-corrected chi connectivity index (χ2v) is 4.75. The molecule has 4 nitrogen and oxygen atoms in total. The van der Waals surface area contributed by atoms with Gasteiger partial charge in [-0.2, -0.15) is 10.2 Å². The van der Waals surface area contributed by atoms with Crippen LogP contribution in [0.2, 0.25) is 0 Å². The zero-order valence-electron chi connectivity index (χ0n) is 9.53. The van der Waals surface area contributed by atoms with Crippen molar-refractivity contribution in [2.24, 2.45) is 0 Å². The van der Waals surface area contributed by atoms with Crippen molar-refractivity contribution in [2.45, 2.75) is 26.2 Å². The average Bonchev–Trinajstić information content (AvgIpc) is 2.54. The third kappa shape index (κ3) is 1.50. The van der Waals surface area contributed by atoms with E-state index in [-0.39, 0.29) is 11.4 Å². The van der Waals surface area contributed by atoms with E-state index in [1.165, 1.54) is 0 Å². The fourth-order valence-corrected chi connectivity index (χ4v) is 1.86. The molecule has 0 saturated heterocycles. The number of nitriles is 1. The Morgan fingerprint density at radius 2 is 2.06 bits per heavy atom. The van der Waals surface area contributed by atoms with E-state index in [1.54, 1.807) is 12.1 Å². The van der Waals surface area contributed by atoms with Gasteiger partial charge in [0.15, 0.2) is 5.58 Å². The Bertz CT molecular complexity index is 585. The number of aromatic nitrogens is 1. The van der Waals surface area contributed by atoms with Crippen LogP contribution in [-0.4, -0.2) is 4.98 Å². The minimum atomic E-state index is -0.173. The number of oxazole rings is 1. The summed E-state index contributed by atoms with van der Waals surface area (Å²) in [5, 5.41) is 9.11.